The first kappa shape index (κ1) is 36.9. The van der Waals surface area contributed by atoms with Gasteiger partial charge in [-0.3, -0.25) is 0 Å². The Morgan fingerprint density at radius 1 is 0.784 bits per heavy atom. The lowest BCUT2D eigenvalue weighted by Gasteiger charge is -2.61. The number of rotatable bonds is 12. The summed E-state index contributed by atoms with van der Waals surface area (Å²) < 4.78 is 12.6. The molecule has 0 aromatic heterocycles. The highest BCUT2D eigenvalue weighted by atomic mass is 16.6. The molecule has 0 aliphatic heterocycles. The monoisotopic (exact) mass is 696 g/mol. The highest BCUT2D eigenvalue weighted by Crippen LogP contribution is 2.68. The summed E-state index contributed by atoms with van der Waals surface area (Å²) in [4.78, 5) is 14.0. The zero-order chi connectivity index (χ0) is 35.6. The number of hydrogen-bond donors (Lipinski definition) is 1. The highest BCUT2D eigenvalue weighted by molar-refractivity contribution is 5.77. The van der Waals surface area contributed by atoms with Gasteiger partial charge >= 0.3 is 5.97 Å². The largest absolute Gasteiger partial charge is 0.479 e. The van der Waals surface area contributed by atoms with E-state index in [1.54, 1.807) is 0 Å². The normalized spacial score (nSPS) is 35.9. The van der Waals surface area contributed by atoms with Crippen LogP contribution in [0.5, 0.6) is 11.5 Å². The summed E-state index contributed by atoms with van der Waals surface area (Å²) >= 11 is 0. The molecule has 0 radical (unpaired) electrons. The zero-order valence-corrected chi connectivity index (χ0v) is 32.6. The van der Waals surface area contributed by atoms with E-state index in [0.717, 1.165) is 29.6 Å². The molecule has 280 valence electrons. The number of hydrogen-bond acceptors (Lipinski definition) is 4. The number of anilines is 1. The van der Waals surface area contributed by atoms with Gasteiger partial charge in [-0.2, -0.15) is 0 Å². The molecule has 51 heavy (non-hydrogen) atoms. The molecule has 9 atom stereocenters. The fraction of sp³-hybridized carbons (Fsp3) is 0.723. The van der Waals surface area contributed by atoms with Crippen LogP contribution in [0.1, 0.15) is 161 Å². The van der Waals surface area contributed by atoms with Crippen molar-refractivity contribution in [2.24, 2.45) is 52.3 Å². The Labute approximate surface area is 310 Å². The van der Waals surface area contributed by atoms with E-state index < -0.39 is 6.10 Å². The van der Waals surface area contributed by atoms with Gasteiger partial charge in [-0.25, -0.2) is 4.79 Å². The molecular weight excluding hydrogens is 627 g/mol. The third-order valence-corrected chi connectivity index (χ3v) is 16.0. The Balaban J connectivity index is 1.00. The maximum absolute atomic E-state index is 14.0. The van der Waals surface area contributed by atoms with Crippen molar-refractivity contribution in [3.63, 3.8) is 0 Å². The van der Waals surface area contributed by atoms with Crippen LogP contribution >= 0.6 is 0 Å². The lowest BCUT2D eigenvalue weighted by atomic mass is 9.44. The summed E-state index contributed by atoms with van der Waals surface area (Å²) in [6.07, 6.45) is 24.8. The molecule has 5 aliphatic carbocycles. The lowest BCUT2D eigenvalue weighted by molar-refractivity contribution is -0.144. The van der Waals surface area contributed by atoms with E-state index in [1.807, 2.05) is 36.4 Å². The predicted octanol–water partition coefficient (Wildman–Crippen LogP) is 12.6. The Morgan fingerprint density at radius 2 is 1.51 bits per heavy atom. The minimum atomic E-state index is -0.665. The van der Waals surface area contributed by atoms with Gasteiger partial charge in [0.05, 0.1) is 0 Å². The molecule has 0 heterocycles. The minimum Gasteiger partial charge on any atom is -0.479 e. The minimum absolute atomic E-state index is 0.286. The van der Waals surface area contributed by atoms with Crippen LogP contribution in [0.4, 0.5) is 5.69 Å². The van der Waals surface area contributed by atoms with E-state index in [1.165, 1.54) is 121 Å². The summed E-state index contributed by atoms with van der Waals surface area (Å²) in [6.45, 7) is 10.0. The highest BCUT2D eigenvalue weighted by Gasteiger charge is 2.60. The first-order valence-electron chi connectivity index (χ1n) is 21.5. The van der Waals surface area contributed by atoms with Crippen molar-refractivity contribution in [1.82, 2.24) is 0 Å². The summed E-state index contributed by atoms with van der Waals surface area (Å²) in [5, 5.41) is 0. The lowest BCUT2D eigenvalue weighted by Crippen LogP contribution is -2.53. The Bertz CT molecular complexity index is 1430. The van der Waals surface area contributed by atoms with Crippen LogP contribution in [-0.4, -0.2) is 12.1 Å². The van der Waals surface area contributed by atoms with Crippen molar-refractivity contribution in [3.8, 4) is 11.5 Å². The predicted molar refractivity (Wildman–Crippen MR) is 210 cm³/mol. The molecule has 0 amide bonds. The molecule has 2 aromatic rings. The van der Waals surface area contributed by atoms with Crippen LogP contribution in [0.3, 0.4) is 0 Å². The van der Waals surface area contributed by atoms with Crippen LogP contribution in [0.15, 0.2) is 48.5 Å². The maximum Gasteiger partial charge on any atom is 0.352 e. The molecule has 4 nitrogen and oxygen atoms in total. The third-order valence-electron chi connectivity index (χ3n) is 16.0. The Hall–Kier alpha value is -2.49. The number of esters is 1. The van der Waals surface area contributed by atoms with Gasteiger partial charge in [0.1, 0.15) is 11.5 Å². The number of nitrogens with two attached hydrogens (primary N) is 1. The quantitative estimate of drug-likeness (QED) is 0.104. The van der Waals surface area contributed by atoms with Crippen LogP contribution < -0.4 is 15.2 Å². The van der Waals surface area contributed by atoms with Crippen LogP contribution in [0, 0.1) is 52.3 Å². The van der Waals surface area contributed by atoms with Crippen molar-refractivity contribution in [1.29, 1.82) is 0 Å². The van der Waals surface area contributed by atoms with E-state index in [9.17, 15) is 4.79 Å². The van der Waals surface area contributed by atoms with Crippen LogP contribution in [0.25, 0.3) is 0 Å². The summed E-state index contributed by atoms with van der Waals surface area (Å²) in [7, 11) is 0. The summed E-state index contributed by atoms with van der Waals surface area (Å²) in [5.41, 5.74) is 8.99. The second-order valence-corrected chi connectivity index (χ2v) is 18.7. The molecule has 0 bridgehead atoms. The number of nitrogen functional groups attached to an aromatic ring is 1. The zero-order valence-electron chi connectivity index (χ0n) is 32.6. The van der Waals surface area contributed by atoms with Crippen molar-refractivity contribution in [2.45, 2.75) is 162 Å². The van der Waals surface area contributed by atoms with Gasteiger partial charge in [-0.05, 0) is 184 Å². The van der Waals surface area contributed by atoms with Gasteiger partial charge in [-0.1, -0.05) is 78.4 Å². The van der Waals surface area contributed by atoms with E-state index in [0.29, 0.717) is 52.2 Å². The van der Waals surface area contributed by atoms with E-state index in [2.05, 4.69) is 39.8 Å². The fourth-order valence-electron chi connectivity index (χ4n) is 13.1. The van der Waals surface area contributed by atoms with Crippen molar-refractivity contribution in [2.75, 3.05) is 5.73 Å². The molecular formula is C47H69NO3. The van der Waals surface area contributed by atoms with Crippen LogP contribution in [-0.2, 0) is 4.79 Å². The van der Waals surface area contributed by atoms with E-state index >= 15 is 0 Å². The van der Waals surface area contributed by atoms with Gasteiger partial charge in [-0.15, -0.1) is 0 Å². The standard InChI is InChI=1S/C47H69NO3/c1-5-6-7-10-33-12-14-34(15-13-33)35-16-21-39(22-17-35)51-45(49)44(50-38-23-19-37(48)20-24-38)31-32(2)41-26-27-42-40-25-18-36-11-8-9-29-46(36,3)43(40)28-30-47(41,42)4/h16-17,19-24,32-34,36,40-44H,5-15,18,25-31,48H2,1-4H3/t32-,33?,34?,36?,40+,41-,42+,43+,44?,46+,47-/m1/s1. The number of benzene rings is 2. The molecule has 7 rings (SSSR count). The molecule has 5 fully saturated rings. The number of ether oxygens (including phenoxy) is 2. The third kappa shape index (κ3) is 7.77. The van der Waals surface area contributed by atoms with Gasteiger partial charge in [0.25, 0.3) is 0 Å². The summed E-state index contributed by atoms with van der Waals surface area (Å²) in [5.74, 6) is 7.08. The maximum atomic E-state index is 14.0. The molecule has 5 saturated carbocycles. The SMILES string of the molecule is CCCCCC1CCC(c2ccc(OC(=O)C(C[C@@H](C)[C@H]3CC[C@H]4[C@@H]5CCC6CCCC[C@]6(C)[C@H]5CC[C@]34C)Oc3ccc(N)cc3)cc2)CC1. The van der Waals surface area contributed by atoms with Crippen LogP contribution in [0.2, 0.25) is 0 Å². The van der Waals surface area contributed by atoms with E-state index in [-0.39, 0.29) is 5.97 Å². The van der Waals surface area contributed by atoms with Gasteiger partial charge in [0.15, 0.2) is 6.10 Å². The second kappa shape index (κ2) is 15.9. The van der Waals surface area contributed by atoms with Crippen molar-refractivity contribution in [3.05, 3.63) is 54.1 Å². The Kier molecular flexibility index (Phi) is 11.5. The number of unbranched alkanes of at least 4 members (excludes halogenated alkanes) is 2. The van der Waals surface area contributed by atoms with Gasteiger partial charge < -0.3 is 15.2 Å². The number of carbonyl (C=O) groups excluding carboxylic acids is 1. The molecule has 0 saturated heterocycles. The summed E-state index contributed by atoms with van der Waals surface area (Å²) in [6, 6.07) is 15.9. The second-order valence-electron chi connectivity index (χ2n) is 18.7. The number of fused-ring (bicyclic) bond motifs is 5. The molecule has 2 aromatic carbocycles. The fourth-order valence-corrected chi connectivity index (χ4v) is 13.1. The topological polar surface area (TPSA) is 61.5 Å². The smallest absolute Gasteiger partial charge is 0.352 e. The average Bonchev–Trinajstić information content (AvgIpc) is 3.50. The number of carbonyl (C=O) groups is 1. The molecule has 2 unspecified atom stereocenters. The average molecular weight is 696 g/mol. The van der Waals surface area contributed by atoms with Crippen molar-refractivity contribution >= 4 is 11.7 Å². The molecule has 4 heteroatoms. The molecule has 2 N–H and O–H groups in total. The van der Waals surface area contributed by atoms with Gasteiger partial charge in [0, 0.05) is 5.69 Å². The Morgan fingerprint density at radius 3 is 2.25 bits per heavy atom. The molecule has 5 aliphatic rings. The van der Waals surface area contributed by atoms with E-state index in [4.69, 9.17) is 15.2 Å². The first-order valence-corrected chi connectivity index (χ1v) is 21.5. The first-order chi connectivity index (χ1) is 24.7. The molecule has 0 spiro atoms. The van der Waals surface area contributed by atoms with Gasteiger partial charge in [0.2, 0.25) is 0 Å². The van der Waals surface area contributed by atoms with Crippen molar-refractivity contribution < 1.29 is 14.3 Å².